The molecule has 0 amide bonds. The second-order valence-electron chi connectivity index (χ2n) is 3.88. The zero-order valence-corrected chi connectivity index (χ0v) is 12.3. The van der Waals surface area contributed by atoms with Crippen LogP contribution in [-0.2, 0) is 9.97 Å². The quantitative estimate of drug-likeness (QED) is 0.700. The van der Waals surface area contributed by atoms with E-state index in [0.29, 0.717) is 0 Å². The summed E-state index contributed by atoms with van der Waals surface area (Å²) < 4.78 is 41.1. The Morgan fingerprint density at radius 3 is 2.10 bits per heavy atom. The Hall–Kier alpha value is -1.24. The molecule has 9 heteroatoms. The molecule has 0 N–H and O–H groups in total. The van der Waals surface area contributed by atoms with Crippen molar-refractivity contribution in [3.63, 3.8) is 0 Å². The Kier molecular flexibility index (Phi) is 4.51. The molecule has 0 spiro atoms. The minimum Gasteiger partial charge on any atom is -0.424 e. The maximum atomic E-state index is 12.6. The number of nitrogens with zero attached hydrogens (tertiary/aromatic N) is 2. The van der Waals surface area contributed by atoms with Gasteiger partial charge in [-0.2, -0.15) is 13.2 Å². The van der Waals surface area contributed by atoms with Crippen LogP contribution in [0.5, 0.6) is 11.8 Å². The van der Waals surface area contributed by atoms with E-state index >= 15 is 0 Å². The second kappa shape index (κ2) is 5.87. The van der Waals surface area contributed by atoms with Crippen LogP contribution < -0.4 is 4.74 Å². The highest BCUT2D eigenvalue weighted by molar-refractivity contribution is 6.66. The molecule has 0 fully saturated rings. The Morgan fingerprint density at radius 2 is 1.57 bits per heavy atom. The molecule has 1 heterocycles. The monoisotopic (exact) mass is 356 g/mol. The van der Waals surface area contributed by atoms with Gasteiger partial charge in [0.2, 0.25) is 3.79 Å². The molecular formula is C12H6Cl3F3N2O. The first-order valence-corrected chi connectivity index (χ1v) is 6.54. The summed E-state index contributed by atoms with van der Waals surface area (Å²) in [4.78, 5) is 7.53. The average molecular weight is 358 g/mol. The van der Waals surface area contributed by atoms with Gasteiger partial charge in [-0.15, -0.1) is 0 Å². The molecule has 112 valence electrons. The van der Waals surface area contributed by atoms with E-state index in [9.17, 15) is 13.2 Å². The van der Waals surface area contributed by atoms with Crippen LogP contribution in [0.1, 0.15) is 11.1 Å². The molecule has 0 bridgehead atoms. The van der Waals surface area contributed by atoms with Crippen molar-refractivity contribution in [3.8, 4) is 11.8 Å². The summed E-state index contributed by atoms with van der Waals surface area (Å²) in [6.07, 6.45) is -2.04. The smallest absolute Gasteiger partial charge is 0.416 e. The first-order chi connectivity index (χ1) is 9.66. The largest absolute Gasteiger partial charge is 0.424 e. The predicted octanol–water partition coefficient (Wildman–Crippen LogP) is 5.11. The molecule has 0 unspecified atom stereocenters. The topological polar surface area (TPSA) is 35.0 Å². The van der Waals surface area contributed by atoms with Gasteiger partial charge in [-0.1, -0.05) is 40.9 Å². The van der Waals surface area contributed by atoms with E-state index in [0.717, 1.165) is 12.1 Å². The standard InChI is InChI=1S/C12H6Cl3F3N2O/c13-11(14,15)8-5-19-10(20-6-8)21-9-3-1-2-7(4-9)12(16,17)18/h1-6H. The Morgan fingerprint density at radius 1 is 0.952 bits per heavy atom. The van der Waals surface area contributed by atoms with Crippen LogP contribution in [0.25, 0.3) is 0 Å². The van der Waals surface area contributed by atoms with Crippen LogP contribution in [0.4, 0.5) is 13.2 Å². The highest BCUT2D eigenvalue weighted by Crippen LogP contribution is 2.37. The fraction of sp³-hybridized carbons (Fsp3) is 0.167. The van der Waals surface area contributed by atoms with Crippen LogP contribution in [0.3, 0.4) is 0 Å². The molecule has 1 aromatic heterocycles. The summed E-state index contributed by atoms with van der Waals surface area (Å²) in [6, 6.07) is 4.17. The average Bonchev–Trinajstić information content (AvgIpc) is 2.37. The summed E-state index contributed by atoms with van der Waals surface area (Å²) in [5.41, 5.74) is -0.623. The van der Waals surface area contributed by atoms with Crippen LogP contribution in [0.15, 0.2) is 36.7 Å². The molecule has 0 saturated carbocycles. The van der Waals surface area contributed by atoms with E-state index in [4.69, 9.17) is 39.5 Å². The summed E-state index contributed by atoms with van der Waals surface area (Å²) in [6.45, 7) is 0. The third kappa shape index (κ3) is 4.36. The Labute approximate surface area is 132 Å². The van der Waals surface area contributed by atoms with Gasteiger partial charge in [0.1, 0.15) is 5.75 Å². The molecular weight excluding hydrogens is 351 g/mol. The third-order valence-corrected chi connectivity index (χ3v) is 2.98. The van der Waals surface area contributed by atoms with Gasteiger partial charge in [0, 0.05) is 18.0 Å². The fourth-order valence-corrected chi connectivity index (χ4v) is 1.65. The number of alkyl halides is 6. The number of aromatic nitrogens is 2. The highest BCUT2D eigenvalue weighted by Gasteiger charge is 2.30. The van der Waals surface area contributed by atoms with Crippen molar-refractivity contribution in [3.05, 3.63) is 47.8 Å². The Balaban J connectivity index is 2.19. The van der Waals surface area contributed by atoms with Gasteiger partial charge in [0.15, 0.2) is 0 Å². The minimum atomic E-state index is -4.46. The summed E-state index contributed by atoms with van der Waals surface area (Å²) in [5.74, 6) is -0.0496. The number of hydrogen-bond acceptors (Lipinski definition) is 3. The molecule has 0 atom stereocenters. The zero-order valence-electron chi connectivity index (χ0n) is 10.0. The number of rotatable bonds is 2. The molecule has 0 radical (unpaired) electrons. The van der Waals surface area contributed by atoms with Crippen molar-refractivity contribution in [2.24, 2.45) is 0 Å². The van der Waals surface area contributed by atoms with Crippen molar-refractivity contribution in [1.29, 1.82) is 0 Å². The summed E-state index contributed by atoms with van der Waals surface area (Å²) >= 11 is 16.9. The lowest BCUT2D eigenvalue weighted by Gasteiger charge is -2.11. The maximum Gasteiger partial charge on any atom is 0.416 e. The van der Waals surface area contributed by atoms with Crippen LogP contribution in [-0.4, -0.2) is 9.97 Å². The lowest BCUT2D eigenvalue weighted by atomic mass is 10.2. The van der Waals surface area contributed by atoms with E-state index in [-0.39, 0.29) is 17.3 Å². The van der Waals surface area contributed by atoms with Gasteiger partial charge in [-0.05, 0) is 18.2 Å². The SMILES string of the molecule is FC(F)(F)c1cccc(Oc2ncc(C(Cl)(Cl)Cl)cn2)c1. The van der Waals surface area contributed by atoms with E-state index in [1.807, 2.05) is 0 Å². The van der Waals surface area contributed by atoms with Gasteiger partial charge < -0.3 is 4.74 Å². The number of ether oxygens (including phenoxy) is 1. The lowest BCUT2D eigenvalue weighted by molar-refractivity contribution is -0.137. The Bertz CT molecular complexity index is 627. The van der Waals surface area contributed by atoms with E-state index in [1.54, 1.807) is 0 Å². The van der Waals surface area contributed by atoms with Crippen molar-refractivity contribution in [1.82, 2.24) is 9.97 Å². The van der Waals surface area contributed by atoms with E-state index < -0.39 is 15.5 Å². The van der Waals surface area contributed by atoms with Gasteiger partial charge in [-0.3, -0.25) is 0 Å². The predicted molar refractivity (Wildman–Crippen MR) is 72.8 cm³/mol. The minimum absolute atomic E-state index is 0.0496. The van der Waals surface area contributed by atoms with Crippen molar-refractivity contribution >= 4 is 34.8 Å². The molecule has 2 rings (SSSR count). The molecule has 0 saturated heterocycles. The summed E-state index contributed by atoms with van der Waals surface area (Å²) in [5, 5.41) is 0. The van der Waals surface area contributed by atoms with Gasteiger partial charge in [0.05, 0.1) is 5.56 Å². The molecule has 3 nitrogen and oxygen atoms in total. The molecule has 0 aliphatic heterocycles. The highest BCUT2D eigenvalue weighted by atomic mass is 35.6. The molecule has 0 aliphatic carbocycles. The van der Waals surface area contributed by atoms with E-state index in [2.05, 4.69) is 9.97 Å². The first kappa shape index (κ1) is 16.1. The van der Waals surface area contributed by atoms with Crippen LogP contribution in [0.2, 0.25) is 0 Å². The van der Waals surface area contributed by atoms with Crippen molar-refractivity contribution in [2.45, 2.75) is 9.97 Å². The van der Waals surface area contributed by atoms with Crippen molar-refractivity contribution < 1.29 is 17.9 Å². The van der Waals surface area contributed by atoms with E-state index in [1.165, 1.54) is 24.5 Å². The molecule has 0 aliphatic rings. The third-order valence-electron chi connectivity index (χ3n) is 2.33. The van der Waals surface area contributed by atoms with Gasteiger partial charge in [-0.25, -0.2) is 9.97 Å². The molecule has 2 aromatic rings. The number of halogens is 6. The number of hydrogen-bond donors (Lipinski definition) is 0. The fourth-order valence-electron chi connectivity index (χ4n) is 1.36. The van der Waals surface area contributed by atoms with Crippen LogP contribution >= 0.6 is 34.8 Å². The molecule has 21 heavy (non-hydrogen) atoms. The zero-order chi connectivity index (χ0) is 15.7. The summed E-state index contributed by atoms with van der Waals surface area (Å²) in [7, 11) is 0. The van der Waals surface area contributed by atoms with Crippen LogP contribution in [0, 0.1) is 0 Å². The molecule has 1 aromatic carbocycles. The maximum absolute atomic E-state index is 12.6. The van der Waals surface area contributed by atoms with Gasteiger partial charge in [0.25, 0.3) is 0 Å². The number of benzene rings is 1. The first-order valence-electron chi connectivity index (χ1n) is 5.40. The van der Waals surface area contributed by atoms with Gasteiger partial charge >= 0.3 is 12.2 Å². The normalized spacial score (nSPS) is 12.3. The second-order valence-corrected chi connectivity index (χ2v) is 6.16. The van der Waals surface area contributed by atoms with Crippen molar-refractivity contribution in [2.75, 3.05) is 0 Å². The lowest BCUT2D eigenvalue weighted by Crippen LogP contribution is -2.05.